The molecule has 0 aromatic heterocycles. The summed E-state index contributed by atoms with van der Waals surface area (Å²) in [6, 6.07) is 0. The third kappa shape index (κ3) is 64.5. The van der Waals surface area contributed by atoms with E-state index in [0.717, 1.165) is 70.6 Å². The molecule has 0 saturated carbocycles. The van der Waals surface area contributed by atoms with Gasteiger partial charge in [0.05, 0.1) is 6.42 Å². The SMILES string of the molecule is CC/C=C\C/C=C\C/C=C\C/C=C\C/C=C\CC(=O)OC(COC(=O)CC/C=C\C/C=C\C/C=C\C/C=C\CC)COC(=O)CCCCCCCCCCCCCCCCCCCCCCC/C=C\CCCCCCCCCC. The first-order chi connectivity index (χ1) is 39.0. The highest BCUT2D eigenvalue weighted by Gasteiger charge is 2.19. The van der Waals surface area contributed by atoms with Crippen molar-refractivity contribution in [3.63, 3.8) is 0 Å². The summed E-state index contributed by atoms with van der Waals surface area (Å²) in [4.78, 5) is 38.1. The molecule has 0 aromatic rings. The lowest BCUT2D eigenvalue weighted by atomic mass is 10.0. The summed E-state index contributed by atoms with van der Waals surface area (Å²) in [7, 11) is 0. The molecule has 0 aliphatic rings. The lowest BCUT2D eigenvalue weighted by Gasteiger charge is -2.18. The van der Waals surface area contributed by atoms with Gasteiger partial charge in [-0.1, -0.05) is 309 Å². The Balaban J connectivity index is 4.21. The number of ether oxygens (including phenoxy) is 3. The van der Waals surface area contributed by atoms with Gasteiger partial charge in [0.25, 0.3) is 0 Å². The maximum Gasteiger partial charge on any atom is 0.310 e. The van der Waals surface area contributed by atoms with Gasteiger partial charge < -0.3 is 14.2 Å². The Hall–Kier alpha value is -4.19. The highest BCUT2D eigenvalue weighted by Crippen LogP contribution is 2.17. The summed E-state index contributed by atoms with van der Waals surface area (Å²) in [5.41, 5.74) is 0. The minimum atomic E-state index is -0.864. The molecule has 0 heterocycles. The second kappa shape index (κ2) is 66.3. The van der Waals surface area contributed by atoms with Crippen LogP contribution in [0.3, 0.4) is 0 Å². The molecule has 0 fully saturated rings. The second-order valence-corrected chi connectivity index (χ2v) is 21.6. The van der Waals surface area contributed by atoms with Crippen molar-refractivity contribution in [2.24, 2.45) is 0 Å². The Bertz CT molecular complexity index is 1640. The van der Waals surface area contributed by atoms with Gasteiger partial charge in [0.1, 0.15) is 13.2 Å². The van der Waals surface area contributed by atoms with E-state index in [1.165, 1.54) is 180 Å². The number of rotatable bonds is 59. The van der Waals surface area contributed by atoms with Crippen LogP contribution in [-0.4, -0.2) is 37.2 Å². The van der Waals surface area contributed by atoms with Gasteiger partial charge in [-0.3, -0.25) is 14.4 Å². The van der Waals surface area contributed by atoms with Crippen LogP contribution in [-0.2, 0) is 28.6 Å². The van der Waals surface area contributed by atoms with Gasteiger partial charge in [0, 0.05) is 12.8 Å². The molecule has 0 spiro atoms. The summed E-state index contributed by atoms with van der Waals surface area (Å²) in [6.07, 6.45) is 92.9. The van der Waals surface area contributed by atoms with Crippen LogP contribution in [0.4, 0.5) is 0 Å². The molecular formula is C73H122O6. The molecule has 0 aliphatic carbocycles. The number of carbonyl (C=O) groups is 3. The summed E-state index contributed by atoms with van der Waals surface area (Å²) in [5, 5.41) is 0. The van der Waals surface area contributed by atoms with Gasteiger partial charge in [-0.15, -0.1) is 0 Å². The molecule has 1 atom stereocenters. The third-order valence-corrected chi connectivity index (χ3v) is 14.0. The zero-order chi connectivity index (χ0) is 57.1. The molecular weight excluding hydrogens is 973 g/mol. The molecule has 6 heteroatoms. The van der Waals surface area contributed by atoms with Crippen molar-refractivity contribution in [1.29, 1.82) is 0 Å². The molecule has 0 amide bonds. The number of allylic oxidation sites excluding steroid dienone is 19. The maximum atomic E-state index is 12.8. The van der Waals surface area contributed by atoms with Gasteiger partial charge in [-0.2, -0.15) is 0 Å². The minimum Gasteiger partial charge on any atom is -0.462 e. The van der Waals surface area contributed by atoms with E-state index in [-0.39, 0.29) is 38.0 Å². The Morgan fingerprint density at radius 2 is 0.557 bits per heavy atom. The van der Waals surface area contributed by atoms with E-state index >= 15 is 0 Å². The third-order valence-electron chi connectivity index (χ3n) is 14.0. The average molecular weight is 1100 g/mol. The first-order valence-corrected chi connectivity index (χ1v) is 33.0. The summed E-state index contributed by atoms with van der Waals surface area (Å²) in [6.45, 7) is 6.27. The topological polar surface area (TPSA) is 78.9 Å². The molecule has 0 radical (unpaired) electrons. The minimum absolute atomic E-state index is 0.0798. The van der Waals surface area contributed by atoms with Crippen molar-refractivity contribution in [2.75, 3.05) is 13.2 Å². The molecule has 0 aromatic carbocycles. The van der Waals surface area contributed by atoms with E-state index in [9.17, 15) is 14.4 Å². The van der Waals surface area contributed by atoms with Crippen LogP contribution in [0.1, 0.15) is 303 Å². The molecule has 0 bridgehead atoms. The van der Waals surface area contributed by atoms with Crippen molar-refractivity contribution in [3.8, 4) is 0 Å². The average Bonchev–Trinajstić information content (AvgIpc) is 3.45. The maximum absolute atomic E-state index is 12.8. The molecule has 1 unspecified atom stereocenters. The van der Waals surface area contributed by atoms with E-state index in [0.29, 0.717) is 19.3 Å². The largest absolute Gasteiger partial charge is 0.462 e. The van der Waals surface area contributed by atoms with Gasteiger partial charge in [0.15, 0.2) is 6.10 Å². The van der Waals surface area contributed by atoms with Crippen molar-refractivity contribution in [2.45, 2.75) is 309 Å². The summed E-state index contributed by atoms with van der Waals surface area (Å²) >= 11 is 0. The number of hydrogen-bond acceptors (Lipinski definition) is 6. The number of unbranched alkanes of at least 4 members (excludes halogenated alkanes) is 29. The van der Waals surface area contributed by atoms with Crippen molar-refractivity contribution < 1.29 is 28.6 Å². The highest BCUT2D eigenvalue weighted by atomic mass is 16.6. The van der Waals surface area contributed by atoms with E-state index in [1.54, 1.807) is 6.08 Å². The lowest BCUT2D eigenvalue weighted by molar-refractivity contribution is -0.166. The van der Waals surface area contributed by atoms with Crippen LogP contribution in [0, 0.1) is 0 Å². The zero-order valence-corrected chi connectivity index (χ0v) is 51.6. The molecule has 0 aliphatic heterocycles. The lowest BCUT2D eigenvalue weighted by Crippen LogP contribution is -2.30. The smallest absolute Gasteiger partial charge is 0.310 e. The normalized spacial score (nSPS) is 12.9. The Labute approximate surface area is 488 Å². The molecule has 79 heavy (non-hydrogen) atoms. The van der Waals surface area contributed by atoms with Crippen LogP contribution in [0.5, 0.6) is 0 Å². The summed E-state index contributed by atoms with van der Waals surface area (Å²) in [5.74, 6) is -1.15. The van der Waals surface area contributed by atoms with Gasteiger partial charge in [-0.25, -0.2) is 0 Å². The van der Waals surface area contributed by atoms with Gasteiger partial charge in [0.2, 0.25) is 0 Å². The fourth-order valence-corrected chi connectivity index (χ4v) is 9.12. The van der Waals surface area contributed by atoms with E-state index in [2.05, 4.69) is 118 Å². The molecule has 0 rings (SSSR count). The van der Waals surface area contributed by atoms with Crippen LogP contribution in [0.25, 0.3) is 0 Å². The fraction of sp³-hybridized carbons (Fsp3) is 0.685. The molecule has 0 N–H and O–H groups in total. The van der Waals surface area contributed by atoms with Crippen molar-refractivity contribution in [1.82, 2.24) is 0 Å². The van der Waals surface area contributed by atoms with Crippen LogP contribution < -0.4 is 0 Å². The van der Waals surface area contributed by atoms with E-state index in [1.807, 2.05) is 18.2 Å². The number of carbonyl (C=O) groups excluding carboxylic acids is 3. The predicted octanol–water partition coefficient (Wildman–Crippen LogP) is 22.8. The van der Waals surface area contributed by atoms with Crippen LogP contribution in [0.2, 0.25) is 0 Å². The van der Waals surface area contributed by atoms with Crippen molar-refractivity contribution in [3.05, 3.63) is 122 Å². The first kappa shape index (κ1) is 74.8. The Morgan fingerprint density at radius 1 is 0.278 bits per heavy atom. The number of esters is 3. The summed E-state index contributed by atoms with van der Waals surface area (Å²) < 4.78 is 16.7. The highest BCUT2D eigenvalue weighted by molar-refractivity contribution is 5.72. The number of hydrogen-bond donors (Lipinski definition) is 0. The quantitative estimate of drug-likeness (QED) is 0.0261. The van der Waals surface area contributed by atoms with Crippen LogP contribution >= 0.6 is 0 Å². The Morgan fingerprint density at radius 3 is 0.911 bits per heavy atom. The zero-order valence-electron chi connectivity index (χ0n) is 51.6. The Kier molecular flexibility index (Phi) is 62.8. The second-order valence-electron chi connectivity index (χ2n) is 21.6. The van der Waals surface area contributed by atoms with E-state index in [4.69, 9.17) is 14.2 Å². The predicted molar refractivity (Wildman–Crippen MR) is 343 cm³/mol. The molecule has 0 saturated heterocycles. The van der Waals surface area contributed by atoms with E-state index < -0.39 is 12.1 Å². The molecule has 450 valence electrons. The monoisotopic (exact) mass is 1090 g/mol. The standard InChI is InChI=1S/C73H122O6/c1-4-7-10-13-16-19-22-25-27-28-29-30-31-32-33-34-35-36-37-38-39-40-41-42-43-44-46-48-51-54-57-60-63-66-72(75)78-69-70(68-77-71(74)65-62-59-56-53-50-47-24-21-18-15-12-9-6-3)79-73(76)67-64-61-58-55-52-49-45-26-23-20-17-14-11-8-5-2/h8-9,11-12,17-18,20-21,26,28-29,45,47,50,52,55-56,59,61,64,70H,4-7,10,13-16,19,22-25,27,30-44,46,48-49,51,53-54,57-58,60,62-63,65-69H2,1-3H3/b11-8-,12-9-,20-17-,21-18-,29-28-,45-26-,50-47-,55-52-,59-56-,64-61-. The van der Waals surface area contributed by atoms with Crippen LogP contribution in [0.15, 0.2) is 122 Å². The van der Waals surface area contributed by atoms with Gasteiger partial charge >= 0.3 is 17.9 Å². The first-order valence-electron chi connectivity index (χ1n) is 33.0. The fourth-order valence-electron chi connectivity index (χ4n) is 9.12. The van der Waals surface area contributed by atoms with Crippen molar-refractivity contribution >= 4 is 17.9 Å². The molecule has 6 nitrogen and oxygen atoms in total. The van der Waals surface area contributed by atoms with Gasteiger partial charge in [-0.05, 0) is 96.3 Å².